The maximum atomic E-state index is 12.5. The monoisotopic (exact) mass is 388 g/mol. The number of hydrogen-bond donors (Lipinski definition) is 2. The molecule has 21 heavy (non-hydrogen) atoms. The van der Waals surface area contributed by atoms with E-state index >= 15 is 0 Å². The van der Waals surface area contributed by atoms with Gasteiger partial charge < -0.3 is 11.1 Å². The fourth-order valence-corrected chi connectivity index (χ4v) is 3.48. The van der Waals surface area contributed by atoms with E-state index in [9.17, 15) is 4.79 Å². The highest BCUT2D eigenvalue weighted by Gasteiger charge is 2.38. The fraction of sp³-hybridized carbons (Fsp3) is 0.467. The Morgan fingerprint density at radius 2 is 2.10 bits per heavy atom. The number of benzene rings is 1. The number of nitrogens with two attached hydrogens (primary N) is 1. The predicted molar refractivity (Wildman–Crippen MR) is 93.8 cm³/mol. The average molecular weight is 390 g/mol. The number of nitrogens with one attached hydrogen (secondary N) is 1. The molecule has 1 fully saturated rings. The van der Waals surface area contributed by atoms with E-state index in [1.54, 1.807) is 18.2 Å². The molecule has 1 aromatic rings. The third-order valence-electron chi connectivity index (χ3n) is 4.15. The molecule has 0 unspecified atom stereocenters. The molecule has 0 bridgehead atoms. The molecule has 114 valence electrons. The van der Waals surface area contributed by atoms with Gasteiger partial charge >= 0.3 is 0 Å². The summed E-state index contributed by atoms with van der Waals surface area (Å²) in [6, 6.07) is 5.27. The second-order valence-electron chi connectivity index (χ2n) is 5.68. The minimum absolute atomic E-state index is 0.233. The van der Waals surface area contributed by atoms with Crippen molar-refractivity contribution in [3.63, 3.8) is 0 Å². The molecule has 0 spiro atoms. The van der Waals surface area contributed by atoms with Crippen LogP contribution in [0.3, 0.4) is 0 Å². The van der Waals surface area contributed by atoms with Crippen molar-refractivity contribution in [2.75, 3.05) is 0 Å². The zero-order valence-corrected chi connectivity index (χ0v) is 14.9. The number of carbonyl (C=O) groups excluding carboxylic acids is 1. The summed E-state index contributed by atoms with van der Waals surface area (Å²) in [6.45, 7) is 2.20. The van der Waals surface area contributed by atoms with E-state index in [0.29, 0.717) is 26.0 Å². The molecule has 3 N–H and O–H groups in total. The van der Waals surface area contributed by atoms with Crippen LogP contribution >= 0.6 is 39.7 Å². The van der Waals surface area contributed by atoms with Crippen molar-refractivity contribution in [1.29, 1.82) is 0 Å². The molecule has 1 aromatic carbocycles. The normalized spacial score (nSPS) is 25.4. The van der Waals surface area contributed by atoms with Gasteiger partial charge in [0.15, 0.2) is 0 Å². The number of hydrogen-bond acceptors (Lipinski definition) is 2. The standard InChI is InChI=1S/C15H18BrClN2OS/c1-9-5-7-15(8-6-9,14(18)21)19-13(20)10-3-2-4-11(16)12(10)17/h2-4,9H,5-8H2,1H3,(H2,18,21)(H,19,20). The number of amides is 1. The van der Waals surface area contributed by atoms with Crippen molar-refractivity contribution in [2.45, 2.75) is 38.1 Å². The molecule has 0 radical (unpaired) electrons. The molecule has 1 amide bonds. The summed E-state index contributed by atoms with van der Waals surface area (Å²) in [5.41, 5.74) is 5.75. The molecule has 0 saturated heterocycles. The number of thiocarbonyl (C=S) groups is 1. The Bertz CT molecular complexity index is 571. The van der Waals surface area contributed by atoms with Crippen molar-refractivity contribution in [2.24, 2.45) is 11.7 Å². The molecular formula is C15H18BrClN2OS. The minimum Gasteiger partial charge on any atom is -0.391 e. The van der Waals surface area contributed by atoms with Gasteiger partial charge in [0, 0.05) is 4.47 Å². The van der Waals surface area contributed by atoms with E-state index in [-0.39, 0.29) is 5.91 Å². The molecule has 0 aliphatic heterocycles. The van der Waals surface area contributed by atoms with Gasteiger partial charge in [-0.05, 0) is 59.7 Å². The van der Waals surface area contributed by atoms with Crippen molar-refractivity contribution >= 4 is 50.6 Å². The largest absolute Gasteiger partial charge is 0.391 e. The molecule has 1 aliphatic carbocycles. The molecule has 1 aliphatic rings. The summed E-state index contributed by atoms with van der Waals surface area (Å²) in [7, 11) is 0. The Labute approximate surface area is 143 Å². The van der Waals surface area contributed by atoms with E-state index < -0.39 is 5.54 Å². The highest BCUT2D eigenvalue weighted by molar-refractivity contribution is 9.10. The summed E-state index contributed by atoms with van der Waals surface area (Å²) in [6.07, 6.45) is 3.56. The maximum absolute atomic E-state index is 12.5. The first kappa shape index (κ1) is 16.7. The highest BCUT2D eigenvalue weighted by atomic mass is 79.9. The van der Waals surface area contributed by atoms with Gasteiger partial charge in [-0.1, -0.05) is 36.8 Å². The van der Waals surface area contributed by atoms with E-state index in [0.717, 1.165) is 25.7 Å². The van der Waals surface area contributed by atoms with Crippen molar-refractivity contribution in [1.82, 2.24) is 5.32 Å². The van der Waals surface area contributed by atoms with Crippen LogP contribution < -0.4 is 11.1 Å². The van der Waals surface area contributed by atoms with E-state index in [1.807, 2.05) is 0 Å². The number of carbonyl (C=O) groups is 1. The first-order chi connectivity index (χ1) is 9.85. The molecule has 0 atom stereocenters. The Balaban J connectivity index is 2.23. The number of rotatable bonds is 3. The highest BCUT2D eigenvalue weighted by Crippen LogP contribution is 2.33. The third kappa shape index (κ3) is 3.58. The Morgan fingerprint density at radius 3 is 2.67 bits per heavy atom. The fourth-order valence-electron chi connectivity index (χ4n) is 2.65. The summed E-state index contributed by atoms with van der Waals surface area (Å²) < 4.78 is 0.693. The molecule has 0 heterocycles. The van der Waals surface area contributed by atoms with Crippen LogP contribution in [0.4, 0.5) is 0 Å². The van der Waals surface area contributed by atoms with Gasteiger partial charge in [0.1, 0.15) is 0 Å². The van der Waals surface area contributed by atoms with Gasteiger partial charge in [-0.15, -0.1) is 0 Å². The van der Waals surface area contributed by atoms with Crippen LogP contribution in [0.5, 0.6) is 0 Å². The van der Waals surface area contributed by atoms with Gasteiger partial charge in [-0.3, -0.25) is 4.79 Å². The second-order valence-corrected chi connectivity index (χ2v) is 7.36. The lowest BCUT2D eigenvalue weighted by Gasteiger charge is -2.39. The quantitative estimate of drug-likeness (QED) is 0.766. The SMILES string of the molecule is CC1CCC(NC(=O)c2cccc(Br)c2Cl)(C(N)=S)CC1. The van der Waals surface area contributed by atoms with Crippen LogP contribution in [0.25, 0.3) is 0 Å². The second kappa shape index (κ2) is 6.63. The van der Waals surface area contributed by atoms with Crippen LogP contribution in [0.15, 0.2) is 22.7 Å². The van der Waals surface area contributed by atoms with Crippen LogP contribution in [0.1, 0.15) is 43.0 Å². The van der Waals surface area contributed by atoms with Gasteiger partial charge in [-0.25, -0.2) is 0 Å². The van der Waals surface area contributed by atoms with Crippen molar-refractivity contribution < 1.29 is 4.79 Å². The zero-order valence-electron chi connectivity index (χ0n) is 11.8. The lowest BCUT2D eigenvalue weighted by atomic mass is 9.77. The van der Waals surface area contributed by atoms with Gasteiger partial charge in [0.25, 0.3) is 5.91 Å². The van der Waals surface area contributed by atoms with Crippen LogP contribution in [0, 0.1) is 5.92 Å². The summed E-state index contributed by atoms with van der Waals surface area (Å²) in [5.74, 6) is 0.405. The van der Waals surface area contributed by atoms with E-state index in [1.165, 1.54) is 0 Å². The Hall–Kier alpha value is -0.650. The zero-order chi connectivity index (χ0) is 15.6. The van der Waals surface area contributed by atoms with Gasteiger partial charge in [0.2, 0.25) is 0 Å². The predicted octanol–water partition coefficient (Wildman–Crippen LogP) is 4.07. The van der Waals surface area contributed by atoms with Crippen LogP contribution in [-0.2, 0) is 0 Å². The smallest absolute Gasteiger partial charge is 0.253 e. The lowest BCUT2D eigenvalue weighted by molar-refractivity contribution is 0.0901. The van der Waals surface area contributed by atoms with Crippen molar-refractivity contribution in [3.05, 3.63) is 33.3 Å². The summed E-state index contributed by atoms with van der Waals surface area (Å²) in [4.78, 5) is 12.9. The first-order valence-corrected chi connectivity index (χ1v) is 8.50. The molecule has 2 rings (SSSR count). The molecule has 6 heteroatoms. The Kier molecular flexibility index (Phi) is 5.28. The average Bonchev–Trinajstić information content (AvgIpc) is 2.44. The van der Waals surface area contributed by atoms with Crippen molar-refractivity contribution in [3.8, 4) is 0 Å². The first-order valence-electron chi connectivity index (χ1n) is 6.92. The maximum Gasteiger partial charge on any atom is 0.253 e. The summed E-state index contributed by atoms with van der Waals surface area (Å²) >= 11 is 14.7. The topological polar surface area (TPSA) is 55.1 Å². The van der Waals surface area contributed by atoms with E-state index in [2.05, 4.69) is 28.2 Å². The van der Waals surface area contributed by atoms with Crippen LogP contribution in [0.2, 0.25) is 5.02 Å². The molecule has 3 nitrogen and oxygen atoms in total. The number of halogens is 2. The lowest BCUT2D eigenvalue weighted by Crippen LogP contribution is -2.58. The molecular weight excluding hydrogens is 372 g/mol. The summed E-state index contributed by atoms with van der Waals surface area (Å²) in [5, 5.41) is 3.43. The van der Waals surface area contributed by atoms with Gasteiger partial charge in [0.05, 0.1) is 21.1 Å². The van der Waals surface area contributed by atoms with Crippen LogP contribution in [-0.4, -0.2) is 16.4 Å². The molecule has 1 saturated carbocycles. The van der Waals surface area contributed by atoms with E-state index in [4.69, 9.17) is 29.6 Å². The molecule has 0 aromatic heterocycles. The van der Waals surface area contributed by atoms with Gasteiger partial charge in [-0.2, -0.15) is 0 Å². The Morgan fingerprint density at radius 1 is 1.48 bits per heavy atom. The minimum atomic E-state index is -0.593. The third-order valence-corrected chi connectivity index (χ3v) is 5.84.